The minimum absolute atomic E-state index is 0.335. The van der Waals surface area contributed by atoms with E-state index < -0.39 is 10.8 Å². The molecule has 2 aliphatic carbocycles. The minimum Gasteiger partial charge on any atom is -0.306 e. The first-order valence-electron chi connectivity index (χ1n) is 28.1. The highest BCUT2D eigenvalue weighted by Gasteiger charge is 2.49. The Morgan fingerprint density at radius 1 is 0.232 bits per heavy atom. The molecule has 0 saturated carbocycles. The van der Waals surface area contributed by atoms with Crippen LogP contribution in [0.15, 0.2) is 303 Å². The molecule has 0 aromatic heterocycles. The van der Waals surface area contributed by atoms with Gasteiger partial charge in [-0.3, -0.25) is 0 Å². The molecule has 0 radical (unpaired) electrons. The van der Waals surface area contributed by atoms with Crippen molar-refractivity contribution in [3.63, 3.8) is 0 Å². The first-order valence-corrected chi connectivity index (χ1v) is 28.1. The van der Waals surface area contributed by atoms with Gasteiger partial charge in [0.15, 0.2) is 0 Å². The van der Waals surface area contributed by atoms with E-state index in [4.69, 9.17) is 0 Å². The number of benzene rings is 14. The fourth-order valence-electron chi connectivity index (χ4n) is 14.5. The molecule has 16 rings (SSSR count). The van der Waals surface area contributed by atoms with Gasteiger partial charge in [-0.2, -0.15) is 0 Å². The van der Waals surface area contributed by atoms with E-state index in [1.54, 1.807) is 24.3 Å². The molecular weight excluding hydrogens is 1000 g/mol. The zero-order valence-electron chi connectivity index (χ0n) is 44.5. The van der Waals surface area contributed by atoms with E-state index in [9.17, 15) is 0 Å². The molecule has 2 aliphatic rings. The Hall–Kier alpha value is -10.4. The smallest absolute Gasteiger partial charge is 0.147 e. The number of anilines is 6. The lowest BCUT2D eigenvalue weighted by Gasteiger charge is -2.35. The maximum atomic E-state index is 17.2. The maximum Gasteiger partial charge on any atom is 0.147 e. The van der Waals surface area contributed by atoms with Crippen molar-refractivity contribution >= 4 is 66.4 Å². The molecule has 0 aliphatic heterocycles. The zero-order valence-corrected chi connectivity index (χ0v) is 44.5. The Labute approximate surface area is 475 Å². The Balaban J connectivity index is 0.957. The van der Waals surface area contributed by atoms with Crippen LogP contribution in [0.2, 0.25) is 0 Å². The fraction of sp³-hybridized carbons (Fsp3) is 0.0256. The van der Waals surface area contributed by atoms with Gasteiger partial charge in [0.25, 0.3) is 0 Å². The van der Waals surface area contributed by atoms with Crippen molar-refractivity contribution < 1.29 is 8.78 Å². The predicted octanol–water partition coefficient (Wildman–Crippen LogP) is 20.5. The van der Waals surface area contributed by atoms with Crippen LogP contribution in [-0.2, 0) is 10.8 Å². The summed E-state index contributed by atoms with van der Waals surface area (Å²) in [7, 11) is 0. The lowest BCUT2D eigenvalue weighted by atomic mass is 9.68. The van der Waals surface area contributed by atoms with Crippen molar-refractivity contribution in [1.29, 1.82) is 0 Å². The second-order valence-corrected chi connectivity index (χ2v) is 21.6. The van der Waals surface area contributed by atoms with Crippen LogP contribution in [0.25, 0.3) is 54.6 Å². The summed E-state index contributed by atoms with van der Waals surface area (Å²) in [6, 6.07) is 105. The van der Waals surface area contributed by atoms with Crippen LogP contribution in [0.4, 0.5) is 42.9 Å². The summed E-state index contributed by atoms with van der Waals surface area (Å²) >= 11 is 0. The molecule has 0 heterocycles. The minimum atomic E-state index is -0.667. The van der Waals surface area contributed by atoms with Crippen LogP contribution in [0.3, 0.4) is 0 Å². The highest BCUT2D eigenvalue weighted by molar-refractivity contribution is 6.28. The largest absolute Gasteiger partial charge is 0.306 e. The van der Waals surface area contributed by atoms with E-state index in [-0.39, 0.29) is 11.6 Å². The van der Waals surface area contributed by atoms with Crippen molar-refractivity contribution in [2.24, 2.45) is 0 Å². The van der Waals surface area contributed by atoms with Crippen LogP contribution in [0.1, 0.15) is 44.5 Å². The third kappa shape index (κ3) is 6.67. The maximum absolute atomic E-state index is 17.2. The zero-order chi connectivity index (χ0) is 54.5. The van der Waals surface area contributed by atoms with E-state index in [1.165, 1.54) is 11.1 Å². The van der Waals surface area contributed by atoms with Crippen LogP contribution >= 0.6 is 0 Å². The van der Waals surface area contributed by atoms with Crippen molar-refractivity contribution in [2.75, 3.05) is 9.80 Å². The van der Waals surface area contributed by atoms with Crippen LogP contribution in [0, 0.1) is 11.6 Å². The van der Waals surface area contributed by atoms with E-state index in [0.717, 1.165) is 111 Å². The Morgan fingerprint density at radius 3 is 0.915 bits per heavy atom. The van der Waals surface area contributed by atoms with Crippen LogP contribution < -0.4 is 9.80 Å². The lowest BCUT2D eigenvalue weighted by Crippen LogP contribution is -2.28. The van der Waals surface area contributed by atoms with E-state index in [0.29, 0.717) is 11.4 Å². The van der Waals surface area contributed by atoms with Gasteiger partial charge in [-0.05, 0) is 126 Å². The molecule has 0 spiro atoms. The van der Waals surface area contributed by atoms with Gasteiger partial charge in [0.05, 0.1) is 45.0 Å². The van der Waals surface area contributed by atoms with Gasteiger partial charge in [0.2, 0.25) is 0 Å². The first-order chi connectivity index (χ1) is 40.6. The van der Waals surface area contributed by atoms with E-state index >= 15 is 8.78 Å². The van der Waals surface area contributed by atoms with Gasteiger partial charge >= 0.3 is 0 Å². The summed E-state index contributed by atoms with van der Waals surface area (Å²) in [5.74, 6) is -0.671. The molecule has 0 atom stereocenters. The van der Waals surface area contributed by atoms with Crippen LogP contribution in [-0.4, -0.2) is 0 Å². The molecule has 0 N–H and O–H groups in total. The fourth-order valence-corrected chi connectivity index (χ4v) is 14.5. The Bertz CT molecular complexity index is 4400. The monoisotopic (exact) mass is 1050 g/mol. The van der Waals surface area contributed by atoms with Crippen LogP contribution in [0.5, 0.6) is 0 Å². The second kappa shape index (κ2) is 18.6. The van der Waals surface area contributed by atoms with Gasteiger partial charge in [0.1, 0.15) is 11.6 Å². The molecular formula is C78H50F2N2. The Morgan fingerprint density at radius 2 is 0.537 bits per heavy atom. The molecule has 14 aromatic carbocycles. The SMILES string of the molecule is Fc1ccccc1N(c1cccc2c1-c1ccccc1C2(c1ccccc1)c1ccccc1)c1ccc2ccc3c(N(c4ccccc4F)c4cccc5c4-c4ccccc4C5(c4ccccc4)c4ccccc4)ccc4ccc1c2c43. The predicted molar refractivity (Wildman–Crippen MR) is 334 cm³/mol. The van der Waals surface area contributed by atoms with Gasteiger partial charge in [-0.1, -0.05) is 255 Å². The topological polar surface area (TPSA) is 6.48 Å². The molecule has 0 bridgehead atoms. The van der Waals surface area contributed by atoms with Crippen molar-refractivity contribution in [1.82, 2.24) is 0 Å². The molecule has 386 valence electrons. The number of halogens is 2. The van der Waals surface area contributed by atoms with Gasteiger partial charge in [-0.25, -0.2) is 8.78 Å². The third-order valence-corrected chi connectivity index (χ3v) is 17.7. The molecule has 0 fully saturated rings. The number of rotatable bonds is 10. The number of hydrogen-bond acceptors (Lipinski definition) is 2. The first kappa shape index (κ1) is 47.6. The van der Waals surface area contributed by atoms with E-state index in [1.807, 2.05) is 24.3 Å². The average Bonchev–Trinajstić information content (AvgIpc) is 3.01. The normalized spacial score (nSPS) is 13.4. The van der Waals surface area contributed by atoms with E-state index in [2.05, 4.69) is 265 Å². The quantitative estimate of drug-likeness (QED) is 0.126. The number of hydrogen-bond donors (Lipinski definition) is 0. The highest BCUT2D eigenvalue weighted by Crippen LogP contribution is 2.62. The Kier molecular flexibility index (Phi) is 10.8. The molecule has 0 saturated heterocycles. The molecule has 82 heavy (non-hydrogen) atoms. The summed E-state index contributed by atoms with van der Waals surface area (Å²) < 4.78 is 34.4. The summed E-state index contributed by atoms with van der Waals surface area (Å²) in [4.78, 5) is 4.29. The summed E-state index contributed by atoms with van der Waals surface area (Å²) in [5, 5.41) is 6.08. The lowest BCUT2D eigenvalue weighted by molar-refractivity contribution is 0.628. The molecule has 0 unspecified atom stereocenters. The van der Waals surface area contributed by atoms with Crippen molar-refractivity contribution in [2.45, 2.75) is 10.8 Å². The summed E-state index contributed by atoms with van der Waals surface area (Å²) in [5.41, 5.74) is 16.4. The van der Waals surface area contributed by atoms with Crippen molar-refractivity contribution in [3.05, 3.63) is 359 Å². The number of para-hydroxylation sites is 2. The molecule has 4 heteroatoms. The number of nitrogens with zero attached hydrogens (tertiary/aromatic N) is 2. The van der Waals surface area contributed by atoms with Gasteiger partial charge < -0.3 is 9.80 Å². The highest BCUT2D eigenvalue weighted by atomic mass is 19.1. The number of fused-ring (bicyclic) bond motifs is 6. The molecule has 14 aromatic rings. The van der Waals surface area contributed by atoms with Gasteiger partial charge in [-0.15, -0.1) is 0 Å². The molecule has 2 nitrogen and oxygen atoms in total. The van der Waals surface area contributed by atoms with Crippen molar-refractivity contribution in [3.8, 4) is 22.3 Å². The standard InChI is InChI=1S/C78H50F2N2/c79-65-37-17-19-39-69(65)81(71-41-21-35-63-75(71)57-31-13-15-33-61(57)77(63,53-23-5-1-6-24-53)54-25-7-2-8-26-54)67-49-45-51-44-48-60-68(50-46-52-43-47-59(67)73(51)74(52)60)82(70-40-20-18-38-66(70)80)72-42-22-36-64-76(72)58-32-14-16-34-62(58)78(64,55-27-9-3-10-28-55)56-29-11-4-12-30-56/h1-50H. The third-order valence-electron chi connectivity index (χ3n) is 17.7. The van der Waals surface area contributed by atoms with Gasteiger partial charge in [0, 0.05) is 21.9 Å². The summed E-state index contributed by atoms with van der Waals surface area (Å²) in [6.45, 7) is 0. The average molecular weight is 1050 g/mol. The summed E-state index contributed by atoms with van der Waals surface area (Å²) in [6.07, 6.45) is 0. The second-order valence-electron chi connectivity index (χ2n) is 21.6. The molecule has 0 amide bonds.